The Balaban J connectivity index is 1.73. The Labute approximate surface area is 172 Å². The van der Waals surface area contributed by atoms with E-state index in [1.807, 2.05) is 4.90 Å². The van der Waals surface area contributed by atoms with Gasteiger partial charge in [0.15, 0.2) is 0 Å². The van der Waals surface area contributed by atoms with Crippen LogP contribution in [0.15, 0.2) is 23.2 Å². The largest absolute Gasteiger partial charge is 0.481 e. The van der Waals surface area contributed by atoms with Crippen molar-refractivity contribution in [3.05, 3.63) is 35.1 Å². The molecule has 0 aromatic heterocycles. The van der Waals surface area contributed by atoms with E-state index < -0.39 is 5.97 Å². The van der Waals surface area contributed by atoms with Crippen molar-refractivity contribution in [2.45, 2.75) is 58.3 Å². The van der Waals surface area contributed by atoms with Gasteiger partial charge < -0.3 is 10.0 Å². The van der Waals surface area contributed by atoms with Crippen LogP contribution >= 0.6 is 0 Å². The fraction of sp³-hybridized carbons (Fsp3) is 0.609. The van der Waals surface area contributed by atoms with Crippen molar-refractivity contribution in [2.24, 2.45) is 16.8 Å². The minimum Gasteiger partial charge on any atom is -0.481 e. The second-order valence-electron chi connectivity index (χ2n) is 8.29. The third-order valence-electron chi connectivity index (χ3n) is 6.19. The van der Waals surface area contributed by atoms with Crippen molar-refractivity contribution in [1.82, 2.24) is 4.90 Å². The zero-order chi connectivity index (χ0) is 20.8. The molecule has 5 nitrogen and oxygen atoms in total. The van der Waals surface area contributed by atoms with Crippen LogP contribution in [0.1, 0.15) is 63.0 Å². The van der Waals surface area contributed by atoms with Gasteiger partial charge in [0, 0.05) is 38.2 Å². The summed E-state index contributed by atoms with van der Waals surface area (Å²) < 4.78 is 13.6. The number of carbonyl (C=O) groups excluding carboxylic acids is 1. The number of likely N-dealkylation sites (tertiary alicyclic amines) is 1. The number of aliphatic imine (C=N–C) groups is 1. The molecule has 1 aromatic carbocycles. The molecule has 1 fully saturated rings. The van der Waals surface area contributed by atoms with E-state index in [0.717, 1.165) is 42.5 Å². The van der Waals surface area contributed by atoms with Crippen LogP contribution in [-0.4, -0.2) is 47.2 Å². The number of hydrogen-bond acceptors (Lipinski definition) is 3. The van der Waals surface area contributed by atoms with Crippen LogP contribution < -0.4 is 0 Å². The van der Waals surface area contributed by atoms with Crippen molar-refractivity contribution < 1.29 is 19.1 Å². The molecular weight excluding hydrogens is 371 g/mol. The molecule has 1 aromatic rings. The van der Waals surface area contributed by atoms with Crippen molar-refractivity contribution in [3.63, 3.8) is 0 Å². The van der Waals surface area contributed by atoms with Gasteiger partial charge >= 0.3 is 5.97 Å². The number of hydrogen-bond donors (Lipinski definition) is 1. The summed E-state index contributed by atoms with van der Waals surface area (Å²) in [5, 5.41) is 9.34. The average Bonchev–Trinajstić information content (AvgIpc) is 2.69. The zero-order valence-electron chi connectivity index (χ0n) is 17.2. The van der Waals surface area contributed by atoms with E-state index in [4.69, 9.17) is 0 Å². The molecule has 0 saturated carbocycles. The first-order valence-corrected chi connectivity index (χ1v) is 10.8. The number of halogens is 1. The molecule has 0 unspecified atom stereocenters. The number of amides is 1. The molecule has 0 spiro atoms. The summed E-state index contributed by atoms with van der Waals surface area (Å²) in [6.07, 6.45) is 5.78. The number of rotatable bonds is 8. The number of fused-ring (bicyclic) bond motifs is 1. The van der Waals surface area contributed by atoms with E-state index in [0.29, 0.717) is 38.9 Å². The smallest absolute Gasteiger partial charge is 0.303 e. The number of carboxylic acids is 1. The SMILES string of the molecule is CCCCCC(=O)N1CC[C@@H](CC(=O)O)[C@@H](CC2=NCCc3cc(F)ccc32)C1. The minimum atomic E-state index is -0.796. The molecule has 3 rings (SSSR count). The topological polar surface area (TPSA) is 70.0 Å². The van der Waals surface area contributed by atoms with Crippen LogP contribution in [0.2, 0.25) is 0 Å². The second-order valence-corrected chi connectivity index (χ2v) is 8.29. The quantitative estimate of drug-likeness (QED) is 0.666. The van der Waals surface area contributed by atoms with Crippen LogP contribution in [0.5, 0.6) is 0 Å². The lowest BCUT2D eigenvalue weighted by Crippen LogP contribution is -2.45. The predicted molar refractivity (Wildman–Crippen MR) is 111 cm³/mol. The maximum atomic E-state index is 13.6. The number of benzene rings is 1. The van der Waals surface area contributed by atoms with Crippen LogP contribution in [0.25, 0.3) is 0 Å². The Bertz CT molecular complexity index is 777. The molecule has 2 atom stereocenters. The fourth-order valence-corrected chi connectivity index (χ4v) is 4.59. The van der Waals surface area contributed by atoms with Crippen LogP contribution in [0.3, 0.4) is 0 Å². The lowest BCUT2D eigenvalue weighted by atomic mass is 9.78. The first-order valence-electron chi connectivity index (χ1n) is 10.8. The molecular formula is C23H31FN2O3. The van der Waals surface area contributed by atoms with Gasteiger partial charge in [-0.2, -0.15) is 0 Å². The van der Waals surface area contributed by atoms with E-state index in [2.05, 4.69) is 11.9 Å². The van der Waals surface area contributed by atoms with Crippen LogP contribution in [0.4, 0.5) is 4.39 Å². The Kier molecular flexibility index (Phi) is 7.40. The Morgan fingerprint density at radius 2 is 2.10 bits per heavy atom. The first kappa shape index (κ1) is 21.5. The fourth-order valence-electron chi connectivity index (χ4n) is 4.59. The van der Waals surface area contributed by atoms with E-state index >= 15 is 0 Å². The van der Waals surface area contributed by atoms with Gasteiger partial charge in [0.25, 0.3) is 0 Å². The Morgan fingerprint density at radius 1 is 1.28 bits per heavy atom. The summed E-state index contributed by atoms with van der Waals surface area (Å²) in [7, 11) is 0. The normalized spacial score (nSPS) is 21.4. The third kappa shape index (κ3) is 5.64. The van der Waals surface area contributed by atoms with Crippen LogP contribution in [0, 0.1) is 17.7 Å². The van der Waals surface area contributed by atoms with Crippen molar-refractivity contribution in [3.8, 4) is 0 Å². The summed E-state index contributed by atoms with van der Waals surface area (Å²) >= 11 is 0. The molecule has 2 aliphatic rings. The number of nitrogens with zero attached hydrogens (tertiary/aromatic N) is 2. The molecule has 0 radical (unpaired) electrons. The van der Waals surface area contributed by atoms with Gasteiger partial charge in [0.1, 0.15) is 5.82 Å². The van der Waals surface area contributed by atoms with E-state index in [-0.39, 0.29) is 30.0 Å². The number of aliphatic carboxylic acids is 1. The highest BCUT2D eigenvalue weighted by Crippen LogP contribution is 2.32. The van der Waals surface area contributed by atoms with E-state index in [1.165, 1.54) is 6.07 Å². The van der Waals surface area contributed by atoms with Crippen molar-refractivity contribution >= 4 is 17.6 Å². The summed E-state index contributed by atoms with van der Waals surface area (Å²) in [5.74, 6) is -0.776. The third-order valence-corrected chi connectivity index (χ3v) is 6.19. The Morgan fingerprint density at radius 3 is 2.86 bits per heavy atom. The van der Waals surface area contributed by atoms with Gasteiger partial charge in [0.05, 0.1) is 0 Å². The summed E-state index contributed by atoms with van der Waals surface area (Å²) in [4.78, 5) is 30.6. The highest BCUT2D eigenvalue weighted by molar-refractivity contribution is 6.02. The highest BCUT2D eigenvalue weighted by Gasteiger charge is 2.34. The van der Waals surface area contributed by atoms with Gasteiger partial charge in [0.2, 0.25) is 5.91 Å². The van der Waals surface area contributed by atoms with Gasteiger partial charge in [-0.1, -0.05) is 19.8 Å². The van der Waals surface area contributed by atoms with Gasteiger partial charge in [-0.3, -0.25) is 14.6 Å². The molecule has 1 amide bonds. The predicted octanol–water partition coefficient (Wildman–Crippen LogP) is 4.08. The molecule has 6 heteroatoms. The minimum absolute atomic E-state index is 0.0284. The lowest BCUT2D eigenvalue weighted by Gasteiger charge is -2.39. The van der Waals surface area contributed by atoms with Crippen molar-refractivity contribution in [1.29, 1.82) is 0 Å². The van der Waals surface area contributed by atoms with E-state index in [9.17, 15) is 19.1 Å². The molecule has 2 heterocycles. The van der Waals surface area contributed by atoms with Crippen LogP contribution in [-0.2, 0) is 16.0 Å². The average molecular weight is 403 g/mol. The Hall–Kier alpha value is -2.24. The summed E-state index contributed by atoms with van der Waals surface area (Å²) in [6, 6.07) is 4.81. The maximum Gasteiger partial charge on any atom is 0.303 e. The number of carboxylic acid groups (broad SMARTS) is 1. The molecule has 1 N–H and O–H groups in total. The highest BCUT2D eigenvalue weighted by atomic mass is 19.1. The van der Waals surface area contributed by atoms with Gasteiger partial charge in [-0.15, -0.1) is 0 Å². The monoisotopic (exact) mass is 402 g/mol. The number of unbranched alkanes of at least 4 members (excludes halogenated alkanes) is 2. The van der Waals surface area contributed by atoms with Gasteiger partial charge in [-0.05, 0) is 66.8 Å². The van der Waals surface area contributed by atoms with Gasteiger partial charge in [-0.25, -0.2) is 4.39 Å². The summed E-state index contributed by atoms with van der Waals surface area (Å²) in [6.45, 7) is 3.96. The molecule has 2 aliphatic heterocycles. The van der Waals surface area contributed by atoms with E-state index in [1.54, 1.807) is 12.1 Å². The molecule has 0 bridgehead atoms. The number of piperidine rings is 1. The first-order chi connectivity index (χ1) is 14.0. The molecule has 29 heavy (non-hydrogen) atoms. The molecule has 1 saturated heterocycles. The standard InChI is InChI=1S/C23H31FN2O3/c1-2-3-4-5-22(27)26-11-9-16(14-23(28)29)18(15-26)13-21-20-7-6-19(24)12-17(20)8-10-25-21/h6-7,12,16,18H,2-5,8-11,13-15H2,1H3,(H,28,29)/t16-,18-/m0/s1. The van der Waals surface area contributed by atoms with Crippen molar-refractivity contribution in [2.75, 3.05) is 19.6 Å². The number of carbonyl (C=O) groups is 2. The molecule has 158 valence electrons. The second kappa shape index (κ2) is 9.99. The summed E-state index contributed by atoms with van der Waals surface area (Å²) in [5.41, 5.74) is 2.86. The molecule has 0 aliphatic carbocycles. The maximum absolute atomic E-state index is 13.6. The lowest BCUT2D eigenvalue weighted by molar-refractivity contribution is -0.139. The zero-order valence-corrected chi connectivity index (χ0v) is 17.2.